The Balaban J connectivity index is 3.85. The number of hydrogen-bond donors (Lipinski definition) is 1. The predicted octanol–water partition coefficient (Wildman–Crippen LogP) is 6.78. The third-order valence-corrected chi connectivity index (χ3v) is 6.64. The number of hydrogen-bond acceptors (Lipinski definition) is 1. The molecule has 182 valence electrons. The molecule has 0 saturated heterocycles. The van der Waals surface area contributed by atoms with E-state index in [0.717, 1.165) is 22.1 Å². The molecule has 0 bridgehead atoms. The molecular weight excluding hydrogens is 368 g/mol. The van der Waals surface area contributed by atoms with Crippen molar-refractivity contribution in [3.8, 4) is 0 Å². The summed E-state index contributed by atoms with van der Waals surface area (Å²) in [5, 5.41) is 10.7. The number of aliphatic hydroxyl groups is 1. The second kappa shape index (κ2) is 18.5. The van der Waals surface area contributed by atoms with Crippen LogP contribution in [-0.4, -0.2) is 74.5 Å². The largest absolute Gasteiger partial charge is 0.382 e. The molecule has 0 aromatic carbocycles. The Morgan fingerprint density at radius 1 is 0.467 bits per heavy atom. The molecule has 0 heterocycles. The molecule has 0 saturated carbocycles. The van der Waals surface area contributed by atoms with E-state index in [-0.39, 0.29) is 6.10 Å². The monoisotopic (exact) mass is 428 g/mol. The maximum absolute atomic E-state index is 10.7. The van der Waals surface area contributed by atoms with Crippen molar-refractivity contribution >= 4 is 0 Å². The van der Waals surface area contributed by atoms with Crippen LogP contribution in [-0.2, 0) is 0 Å². The topological polar surface area (TPSA) is 20.2 Å². The average molecular weight is 429 g/mol. The summed E-state index contributed by atoms with van der Waals surface area (Å²) >= 11 is 0. The standard InChI is InChI=1S/C27H60N2O/c1-7-9-11-13-15-17-19-21-23-28(3,4)25-27(30)26-29(5,6)24-22-20-18-16-14-12-10-8-2/h27,30H,7-26H2,1-6H3/q+2. The van der Waals surface area contributed by atoms with Gasteiger partial charge in [0.05, 0.1) is 41.3 Å². The van der Waals surface area contributed by atoms with Crippen molar-refractivity contribution in [1.29, 1.82) is 0 Å². The van der Waals surface area contributed by atoms with Gasteiger partial charge in [-0.25, -0.2) is 0 Å². The van der Waals surface area contributed by atoms with Gasteiger partial charge in [-0.3, -0.25) is 0 Å². The zero-order valence-electron chi connectivity index (χ0n) is 22.1. The van der Waals surface area contributed by atoms with Crippen molar-refractivity contribution < 1.29 is 14.1 Å². The molecule has 0 atom stereocenters. The highest BCUT2D eigenvalue weighted by molar-refractivity contribution is 4.55. The zero-order chi connectivity index (χ0) is 22.7. The van der Waals surface area contributed by atoms with Crippen molar-refractivity contribution in [3.63, 3.8) is 0 Å². The number of unbranched alkanes of at least 4 members (excludes halogenated alkanes) is 14. The average Bonchev–Trinajstić information content (AvgIpc) is 2.65. The summed E-state index contributed by atoms with van der Waals surface area (Å²) in [5.41, 5.74) is 0. The highest BCUT2D eigenvalue weighted by Gasteiger charge is 2.26. The molecule has 30 heavy (non-hydrogen) atoms. The van der Waals surface area contributed by atoms with Gasteiger partial charge in [-0.2, -0.15) is 0 Å². The molecule has 0 aliphatic heterocycles. The Hall–Kier alpha value is -0.120. The number of aliphatic hydroxyl groups excluding tert-OH is 1. The van der Waals surface area contributed by atoms with Crippen molar-refractivity contribution in [3.05, 3.63) is 0 Å². The highest BCUT2D eigenvalue weighted by Crippen LogP contribution is 2.13. The van der Waals surface area contributed by atoms with E-state index < -0.39 is 0 Å². The van der Waals surface area contributed by atoms with Gasteiger partial charge in [0.2, 0.25) is 0 Å². The molecule has 0 aliphatic carbocycles. The number of rotatable bonds is 22. The van der Waals surface area contributed by atoms with Gasteiger partial charge in [0.15, 0.2) is 6.10 Å². The van der Waals surface area contributed by atoms with Crippen molar-refractivity contribution in [2.75, 3.05) is 54.4 Å². The van der Waals surface area contributed by atoms with E-state index in [1.54, 1.807) is 0 Å². The van der Waals surface area contributed by atoms with Crippen LogP contribution >= 0.6 is 0 Å². The summed E-state index contributed by atoms with van der Waals surface area (Å²) in [6.45, 7) is 8.72. The van der Waals surface area contributed by atoms with Gasteiger partial charge in [-0.15, -0.1) is 0 Å². The third-order valence-electron chi connectivity index (χ3n) is 6.64. The molecule has 0 unspecified atom stereocenters. The minimum Gasteiger partial charge on any atom is -0.382 e. The van der Waals surface area contributed by atoms with Crippen LogP contribution in [0.2, 0.25) is 0 Å². The molecule has 0 aliphatic rings. The van der Waals surface area contributed by atoms with E-state index in [1.165, 1.54) is 116 Å². The lowest BCUT2D eigenvalue weighted by Gasteiger charge is -2.36. The Morgan fingerprint density at radius 3 is 1.03 bits per heavy atom. The van der Waals surface area contributed by atoms with Crippen LogP contribution in [0.25, 0.3) is 0 Å². The van der Waals surface area contributed by atoms with Gasteiger partial charge >= 0.3 is 0 Å². The smallest absolute Gasteiger partial charge is 0.152 e. The van der Waals surface area contributed by atoms with Gasteiger partial charge in [0.1, 0.15) is 13.1 Å². The Morgan fingerprint density at radius 2 is 0.733 bits per heavy atom. The van der Waals surface area contributed by atoms with Crippen LogP contribution < -0.4 is 0 Å². The van der Waals surface area contributed by atoms with Gasteiger partial charge in [-0.1, -0.05) is 90.9 Å². The Labute approximate surface area is 191 Å². The second-order valence-corrected chi connectivity index (χ2v) is 11.3. The summed E-state index contributed by atoms with van der Waals surface area (Å²) in [4.78, 5) is 0. The summed E-state index contributed by atoms with van der Waals surface area (Å²) in [7, 11) is 9.18. The van der Waals surface area contributed by atoms with Crippen LogP contribution in [0.1, 0.15) is 117 Å². The summed E-state index contributed by atoms with van der Waals surface area (Å²) in [5.74, 6) is 0. The van der Waals surface area contributed by atoms with Crippen LogP contribution in [0.15, 0.2) is 0 Å². The third kappa shape index (κ3) is 19.8. The Bertz CT molecular complexity index is 334. The fraction of sp³-hybridized carbons (Fsp3) is 1.00. The van der Waals surface area contributed by atoms with Crippen LogP contribution in [0.3, 0.4) is 0 Å². The fourth-order valence-corrected chi connectivity index (χ4v) is 4.73. The molecule has 0 aromatic rings. The first kappa shape index (κ1) is 29.9. The van der Waals surface area contributed by atoms with Crippen molar-refractivity contribution in [1.82, 2.24) is 0 Å². The summed E-state index contributed by atoms with van der Waals surface area (Å²) in [6.07, 6.45) is 21.8. The van der Waals surface area contributed by atoms with E-state index in [1.807, 2.05) is 0 Å². The molecule has 0 radical (unpaired) electrons. The molecule has 0 amide bonds. The Kier molecular flexibility index (Phi) is 18.4. The molecular formula is C27H60N2O+2. The minimum absolute atomic E-state index is 0.196. The zero-order valence-corrected chi connectivity index (χ0v) is 22.1. The molecule has 3 heteroatoms. The van der Waals surface area contributed by atoms with E-state index in [4.69, 9.17) is 0 Å². The lowest BCUT2D eigenvalue weighted by Crippen LogP contribution is -2.53. The normalized spacial score (nSPS) is 12.8. The SMILES string of the molecule is CCCCCCCCCC[N+](C)(C)CC(O)C[N+](C)(C)CCCCCCCCCC. The molecule has 0 spiro atoms. The summed E-state index contributed by atoms with van der Waals surface area (Å²) in [6, 6.07) is 0. The first-order valence-electron chi connectivity index (χ1n) is 13.5. The second-order valence-electron chi connectivity index (χ2n) is 11.3. The first-order valence-corrected chi connectivity index (χ1v) is 13.5. The van der Waals surface area contributed by atoms with E-state index in [9.17, 15) is 5.11 Å². The molecule has 0 rings (SSSR count). The van der Waals surface area contributed by atoms with Crippen LogP contribution in [0.5, 0.6) is 0 Å². The van der Waals surface area contributed by atoms with E-state index in [2.05, 4.69) is 42.0 Å². The van der Waals surface area contributed by atoms with Gasteiger partial charge < -0.3 is 14.1 Å². The molecule has 1 N–H and O–H groups in total. The van der Waals surface area contributed by atoms with E-state index >= 15 is 0 Å². The lowest BCUT2D eigenvalue weighted by atomic mass is 10.1. The molecule has 0 aromatic heterocycles. The maximum Gasteiger partial charge on any atom is 0.152 e. The van der Waals surface area contributed by atoms with Gasteiger partial charge in [0, 0.05) is 0 Å². The number of quaternary nitrogens is 2. The first-order chi connectivity index (χ1) is 14.2. The number of likely N-dealkylation sites (N-methyl/N-ethyl adjacent to an activating group) is 2. The fourth-order valence-electron chi connectivity index (χ4n) is 4.73. The predicted molar refractivity (Wildman–Crippen MR) is 135 cm³/mol. The van der Waals surface area contributed by atoms with Gasteiger partial charge in [0.25, 0.3) is 0 Å². The molecule has 3 nitrogen and oxygen atoms in total. The minimum atomic E-state index is -0.196. The lowest BCUT2D eigenvalue weighted by molar-refractivity contribution is -0.914. The molecule has 0 fully saturated rings. The summed E-state index contributed by atoms with van der Waals surface area (Å²) < 4.78 is 1.91. The quantitative estimate of drug-likeness (QED) is 0.149. The maximum atomic E-state index is 10.7. The van der Waals surface area contributed by atoms with Crippen molar-refractivity contribution in [2.24, 2.45) is 0 Å². The number of nitrogens with zero attached hydrogens (tertiary/aromatic N) is 2. The van der Waals surface area contributed by atoms with Gasteiger partial charge in [-0.05, 0) is 25.7 Å². The van der Waals surface area contributed by atoms with Crippen LogP contribution in [0.4, 0.5) is 0 Å². The highest BCUT2D eigenvalue weighted by atomic mass is 16.3. The van der Waals surface area contributed by atoms with Crippen LogP contribution in [0, 0.1) is 0 Å². The van der Waals surface area contributed by atoms with E-state index in [0.29, 0.717) is 0 Å². The van der Waals surface area contributed by atoms with Crippen molar-refractivity contribution in [2.45, 2.75) is 123 Å².